The van der Waals surface area contributed by atoms with E-state index in [0.717, 1.165) is 12.8 Å². The highest BCUT2D eigenvalue weighted by Gasteiger charge is 2.16. The second-order valence-corrected chi connectivity index (χ2v) is 5.70. The third kappa shape index (κ3) is 3.23. The predicted octanol–water partition coefficient (Wildman–Crippen LogP) is 4.38. The fourth-order valence-corrected chi connectivity index (χ4v) is 2.57. The third-order valence-corrected chi connectivity index (χ3v) is 3.72. The van der Waals surface area contributed by atoms with Gasteiger partial charge in [0.2, 0.25) is 5.89 Å². The van der Waals surface area contributed by atoms with Gasteiger partial charge in [0, 0.05) is 4.88 Å². The molecule has 0 radical (unpaired) electrons. The maximum atomic E-state index is 5.89. The summed E-state index contributed by atoms with van der Waals surface area (Å²) in [6.45, 7) is 3.96. The Morgan fingerprint density at radius 3 is 2.89 bits per heavy atom. The lowest BCUT2D eigenvalue weighted by molar-refractivity contribution is 0.497. The summed E-state index contributed by atoms with van der Waals surface area (Å²) in [4.78, 5) is 1.27. The molecule has 2 aromatic rings. The largest absolute Gasteiger partial charge is 0.406 e. The molecule has 0 fully saturated rings. The van der Waals surface area contributed by atoms with Crippen molar-refractivity contribution >= 4 is 29.0 Å². The Morgan fingerprint density at radius 2 is 2.33 bits per heavy atom. The van der Waals surface area contributed by atoms with Crippen LogP contribution in [0.25, 0.3) is 0 Å². The van der Waals surface area contributed by atoms with E-state index in [-0.39, 0.29) is 11.4 Å². The number of nitrogens with one attached hydrogen (secondary N) is 1. The maximum absolute atomic E-state index is 5.89. The molecule has 2 rings (SSSR count). The van der Waals surface area contributed by atoms with Crippen molar-refractivity contribution in [3.8, 4) is 0 Å². The van der Waals surface area contributed by atoms with Gasteiger partial charge in [-0.2, -0.15) is 0 Å². The molecule has 0 saturated heterocycles. The Bertz CT molecular complexity index is 469. The monoisotopic (exact) mass is 285 g/mol. The average Bonchev–Trinajstić information content (AvgIpc) is 2.99. The minimum Gasteiger partial charge on any atom is -0.406 e. The van der Waals surface area contributed by atoms with Crippen molar-refractivity contribution in [2.75, 3.05) is 5.32 Å². The topological polar surface area (TPSA) is 51.0 Å². The first kappa shape index (κ1) is 13.4. The second-order valence-electron chi connectivity index (χ2n) is 4.06. The minimum absolute atomic E-state index is 0.217. The van der Waals surface area contributed by atoms with Gasteiger partial charge in [0.25, 0.3) is 0 Å². The fraction of sp³-hybridized carbons (Fsp3) is 0.500. The summed E-state index contributed by atoms with van der Waals surface area (Å²) in [5.74, 6) is 0.445. The summed E-state index contributed by atoms with van der Waals surface area (Å²) in [7, 11) is 0. The van der Waals surface area contributed by atoms with Gasteiger partial charge in [-0.15, -0.1) is 28.0 Å². The maximum Gasteiger partial charge on any atom is 0.316 e. The molecule has 0 aromatic carbocycles. The van der Waals surface area contributed by atoms with E-state index in [2.05, 4.69) is 33.9 Å². The lowest BCUT2D eigenvalue weighted by Crippen LogP contribution is -2.09. The first-order valence-corrected chi connectivity index (χ1v) is 7.29. The van der Waals surface area contributed by atoms with Crippen LogP contribution in [0, 0.1) is 0 Å². The van der Waals surface area contributed by atoms with Crippen molar-refractivity contribution in [3.63, 3.8) is 0 Å². The molecule has 98 valence electrons. The van der Waals surface area contributed by atoms with Crippen LogP contribution in [0.15, 0.2) is 21.9 Å². The summed E-state index contributed by atoms with van der Waals surface area (Å²) in [6, 6.07) is 4.81. The van der Waals surface area contributed by atoms with E-state index < -0.39 is 0 Å². The molecule has 2 unspecified atom stereocenters. The second kappa shape index (κ2) is 6.20. The van der Waals surface area contributed by atoms with Crippen molar-refractivity contribution in [1.29, 1.82) is 0 Å². The number of aromatic nitrogens is 2. The Morgan fingerprint density at radius 1 is 1.50 bits per heavy atom. The van der Waals surface area contributed by atoms with Gasteiger partial charge < -0.3 is 9.73 Å². The number of halogens is 1. The molecule has 1 N–H and O–H groups in total. The Hall–Kier alpha value is -1.07. The normalized spacial score (nSPS) is 14.4. The third-order valence-electron chi connectivity index (χ3n) is 2.54. The standard InChI is InChI=1S/C12H16ClN3OS/c1-3-5-9(10-6-4-7-18-10)14-12-16-15-11(17-12)8(2)13/h4,6-9H,3,5H2,1-2H3,(H,14,16). The van der Waals surface area contributed by atoms with E-state index in [4.69, 9.17) is 16.0 Å². The highest BCUT2D eigenvalue weighted by atomic mass is 35.5. The van der Waals surface area contributed by atoms with E-state index in [1.54, 1.807) is 11.3 Å². The first-order chi connectivity index (χ1) is 8.70. The van der Waals surface area contributed by atoms with E-state index in [1.165, 1.54) is 4.88 Å². The van der Waals surface area contributed by atoms with Crippen molar-refractivity contribution < 1.29 is 4.42 Å². The Kier molecular flexibility index (Phi) is 4.60. The van der Waals surface area contributed by atoms with Crippen molar-refractivity contribution in [2.24, 2.45) is 0 Å². The van der Waals surface area contributed by atoms with Crippen LogP contribution in [0.4, 0.5) is 6.01 Å². The van der Waals surface area contributed by atoms with Gasteiger partial charge >= 0.3 is 6.01 Å². The van der Waals surface area contributed by atoms with Gasteiger partial charge in [-0.3, -0.25) is 0 Å². The summed E-state index contributed by atoms with van der Waals surface area (Å²) < 4.78 is 5.46. The molecule has 0 bridgehead atoms. The van der Waals surface area contributed by atoms with Crippen LogP contribution in [0.5, 0.6) is 0 Å². The quantitative estimate of drug-likeness (QED) is 0.800. The van der Waals surface area contributed by atoms with E-state index in [1.807, 2.05) is 13.0 Å². The van der Waals surface area contributed by atoms with Crippen molar-refractivity contribution in [1.82, 2.24) is 10.2 Å². The molecule has 18 heavy (non-hydrogen) atoms. The SMILES string of the molecule is CCCC(Nc1nnc(C(C)Cl)o1)c1cccs1. The van der Waals surface area contributed by atoms with Gasteiger partial charge in [-0.25, -0.2) is 0 Å². The van der Waals surface area contributed by atoms with E-state index >= 15 is 0 Å². The smallest absolute Gasteiger partial charge is 0.316 e. The minimum atomic E-state index is -0.264. The number of nitrogens with zero attached hydrogens (tertiary/aromatic N) is 2. The molecule has 6 heteroatoms. The molecule has 0 aliphatic heterocycles. The zero-order chi connectivity index (χ0) is 13.0. The van der Waals surface area contributed by atoms with Crippen LogP contribution < -0.4 is 5.32 Å². The molecule has 2 atom stereocenters. The lowest BCUT2D eigenvalue weighted by atomic mass is 10.1. The number of thiophene rings is 1. The predicted molar refractivity (Wildman–Crippen MR) is 74.2 cm³/mol. The number of rotatable bonds is 6. The lowest BCUT2D eigenvalue weighted by Gasteiger charge is -2.14. The first-order valence-electron chi connectivity index (χ1n) is 5.98. The number of anilines is 1. The van der Waals surface area contributed by atoms with Gasteiger partial charge in [0.1, 0.15) is 5.38 Å². The van der Waals surface area contributed by atoms with Gasteiger partial charge in [0.05, 0.1) is 6.04 Å². The zero-order valence-corrected chi connectivity index (χ0v) is 12.0. The van der Waals surface area contributed by atoms with Crippen LogP contribution in [-0.2, 0) is 0 Å². The number of hydrogen-bond acceptors (Lipinski definition) is 5. The number of alkyl halides is 1. The van der Waals surface area contributed by atoms with Crippen LogP contribution in [0.1, 0.15) is 48.9 Å². The Balaban J connectivity index is 2.08. The Labute approximate surface area is 115 Å². The average molecular weight is 286 g/mol. The molecule has 0 spiro atoms. The van der Waals surface area contributed by atoms with Crippen molar-refractivity contribution in [2.45, 2.75) is 38.1 Å². The molecule has 4 nitrogen and oxygen atoms in total. The van der Waals surface area contributed by atoms with Crippen molar-refractivity contribution in [3.05, 3.63) is 28.3 Å². The van der Waals surface area contributed by atoms with Gasteiger partial charge in [-0.1, -0.05) is 24.5 Å². The zero-order valence-electron chi connectivity index (χ0n) is 10.4. The molecule has 2 heterocycles. The highest BCUT2D eigenvalue weighted by Crippen LogP contribution is 2.28. The van der Waals surface area contributed by atoms with Crippen LogP contribution >= 0.6 is 22.9 Å². The van der Waals surface area contributed by atoms with Gasteiger partial charge in [-0.05, 0) is 24.8 Å². The molecular weight excluding hydrogens is 270 g/mol. The summed E-state index contributed by atoms with van der Waals surface area (Å²) in [6.07, 6.45) is 2.11. The van der Waals surface area contributed by atoms with Crippen LogP contribution in [0.3, 0.4) is 0 Å². The van der Waals surface area contributed by atoms with E-state index in [0.29, 0.717) is 11.9 Å². The van der Waals surface area contributed by atoms with E-state index in [9.17, 15) is 0 Å². The highest BCUT2D eigenvalue weighted by molar-refractivity contribution is 7.10. The van der Waals surface area contributed by atoms with Crippen LogP contribution in [0.2, 0.25) is 0 Å². The summed E-state index contributed by atoms with van der Waals surface area (Å²) in [5.41, 5.74) is 0. The summed E-state index contributed by atoms with van der Waals surface area (Å²) >= 11 is 7.62. The molecular formula is C12H16ClN3OS. The van der Waals surface area contributed by atoms with Crippen LogP contribution in [-0.4, -0.2) is 10.2 Å². The molecule has 0 amide bonds. The molecule has 0 saturated carbocycles. The molecule has 0 aliphatic rings. The number of hydrogen-bond donors (Lipinski definition) is 1. The fourth-order valence-electron chi connectivity index (χ4n) is 1.67. The molecule has 2 aromatic heterocycles. The molecule has 0 aliphatic carbocycles. The van der Waals surface area contributed by atoms with Gasteiger partial charge in [0.15, 0.2) is 0 Å². The summed E-state index contributed by atoms with van der Waals surface area (Å²) in [5, 5.41) is 12.9.